The van der Waals surface area contributed by atoms with E-state index in [2.05, 4.69) is 15.2 Å². The number of aromatic nitrogens is 1. The molecule has 0 aromatic carbocycles. The Kier molecular flexibility index (Phi) is 7.39. The first-order chi connectivity index (χ1) is 13.4. The smallest absolute Gasteiger partial charge is 0.252 e. The molecule has 3 rings (SSSR count). The van der Waals surface area contributed by atoms with E-state index in [1.54, 1.807) is 28.8 Å². The predicted molar refractivity (Wildman–Crippen MR) is 107 cm³/mol. The third-order valence-electron chi connectivity index (χ3n) is 5.54. The maximum atomic E-state index is 12.3. The van der Waals surface area contributed by atoms with Crippen molar-refractivity contribution >= 4 is 15.9 Å². The van der Waals surface area contributed by atoms with Crippen LogP contribution in [0.15, 0.2) is 24.5 Å². The first-order valence-corrected chi connectivity index (χ1v) is 11.8. The Morgan fingerprint density at radius 3 is 2.79 bits per heavy atom. The summed E-state index contributed by atoms with van der Waals surface area (Å²) in [5.41, 5.74) is 0.543. The van der Waals surface area contributed by atoms with Crippen LogP contribution in [0, 0.1) is 0 Å². The fourth-order valence-electron chi connectivity index (χ4n) is 4.07. The number of ether oxygens (including phenoxy) is 1. The number of nitrogens with one attached hydrogen (secondary N) is 1. The molecule has 1 N–H and O–H groups in total. The van der Waals surface area contributed by atoms with Crippen LogP contribution in [0.5, 0.6) is 0 Å². The van der Waals surface area contributed by atoms with Gasteiger partial charge in [0.1, 0.15) is 0 Å². The standard InChI is InChI=1S/C19H30N4O4S/c1-28(25,26)22-10-3-5-18(15-22)23(17-6-12-27-13-7-17)11-9-21-19(24)16-4-2-8-20-14-16/h2,4,8,14,17-18H,3,5-7,9-13,15H2,1H3,(H,21,24). The summed E-state index contributed by atoms with van der Waals surface area (Å²) in [6, 6.07) is 4.00. The van der Waals surface area contributed by atoms with Crippen molar-refractivity contribution in [3.8, 4) is 0 Å². The van der Waals surface area contributed by atoms with Gasteiger partial charge in [-0.15, -0.1) is 0 Å². The largest absolute Gasteiger partial charge is 0.381 e. The molecular weight excluding hydrogens is 380 g/mol. The molecule has 1 aromatic rings. The van der Waals surface area contributed by atoms with Crippen molar-refractivity contribution < 1.29 is 17.9 Å². The van der Waals surface area contributed by atoms with Crippen molar-refractivity contribution in [2.45, 2.75) is 37.8 Å². The van der Waals surface area contributed by atoms with Gasteiger partial charge < -0.3 is 10.1 Å². The van der Waals surface area contributed by atoms with Crippen molar-refractivity contribution in [1.82, 2.24) is 19.5 Å². The maximum absolute atomic E-state index is 12.3. The fraction of sp³-hybridized carbons (Fsp3) is 0.684. The average molecular weight is 411 g/mol. The van der Waals surface area contributed by atoms with Crippen LogP contribution in [-0.4, -0.2) is 86.2 Å². The van der Waals surface area contributed by atoms with Crippen LogP contribution < -0.4 is 5.32 Å². The van der Waals surface area contributed by atoms with Gasteiger partial charge in [-0.1, -0.05) is 0 Å². The van der Waals surface area contributed by atoms with Crippen molar-refractivity contribution in [1.29, 1.82) is 0 Å². The van der Waals surface area contributed by atoms with Gasteiger partial charge in [-0.2, -0.15) is 0 Å². The van der Waals surface area contributed by atoms with Gasteiger partial charge >= 0.3 is 0 Å². The summed E-state index contributed by atoms with van der Waals surface area (Å²) < 4.78 is 31.1. The minimum atomic E-state index is -3.19. The second kappa shape index (κ2) is 9.78. The molecule has 2 aliphatic heterocycles. The molecule has 0 aliphatic carbocycles. The molecule has 3 heterocycles. The van der Waals surface area contributed by atoms with Crippen LogP contribution in [-0.2, 0) is 14.8 Å². The Morgan fingerprint density at radius 2 is 2.11 bits per heavy atom. The number of hydrogen-bond donors (Lipinski definition) is 1. The van der Waals surface area contributed by atoms with E-state index in [0.29, 0.717) is 37.8 Å². The van der Waals surface area contributed by atoms with E-state index in [9.17, 15) is 13.2 Å². The first-order valence-electron chi connectivity index (χ1n) is 9.92. The van der Waals surface area contributed by atoms with Gasteiger partial charge in [-0.3, -0.25) is 14.7 Å². The Labute approximate surface area is 167 Å². The Balaban J connectivity index is 1.63. The van der Waals surface area contributed by atoms with E-state index in [1.165, 1.54) is 6.26 Å². The third-order valence-corrected chi connectivity index (χ3v) is 6.81. The van der Waals surface area contributed by atoms with E-state index in [1.807, 2.05) is 0 Å². The summed E-state index contributed by atoms with van der Waals surface area (Å²) in [6.07, 6.45) is 8.18. The molecule has 9 heteroatoms. The van der Waals surface area contributed by atoms with Crippen molar-refractivity contribution in [3.63, 3.8) is 0 Å². The van der Waals surface area contributed by atoms with Gasteiger partial charge in [0, 0.05) is 63.9 Å². The number of sulfonamides is 1. The monoisotopic (exact) mass is 410 g/mol. The third kappa shape index (κ3) is 5.73. The van der Waals surface area contributed by atoms with Crippen LogP contribution in [0.4, 0.5) is 0 Å². The van der Waals surface area contributed by atoms with Crippen LogP contribution in [0.2, 0.25) is 0 Å². The number of rotatable bonds is 7. The van der Waals surface area contributed by atoms with E-state index in [4.69, 9.17) is 4.74 Å². The average Bonchev–Trinajstić information content (AvgIpc) is 2.72. The van der Waals surface area contributed by atoms with Gasteiger partial charge in [0.15, 0.2) is 0 Å². The fourth-order valence-corrected chi connectivity index (χ4v) is 4.97. The molecule has 2 fully saturated rings. The summed E-state index contributed by atoms with van der Waals surface area (Å²) in [6.45, 7) is 3.78. The summed E-state index contributed by atoms with van der Waals surface area (Å²) in [5, 5.41) is 2.97. The van der Waals surface area contributed by atoms with Crippen molar-refractivity contribution in [3.05, 3.63) is 30.1 Å². The SMILES string of the molecule is CS(=O)(=O)N1CCCC(N(CCNC(=O)c2cccnc2)C2CCOCC2)C1. The molecule has 1 aromatic heterocycles. The maximum Gasteiger partial charge on any atom is 0.252 e. The van der Waals surface area contributed by atoms with Gasteiger partial charge in [0.2, 0.25) is 10.0 Å². The van der Waals surface area contributed by atoms with Crippen molar-refractivity contribution in [2.24, 2.45) is 0 Å². The highest BCUT2D eigenvalue weighted by Crippen LogP contribution is 2.24. The van der Waals surface area contributed by atoms with Crippen LogP contribution in [0.3, 0.4) is 0 Å². The lowest BCUT2D eigenvalue weighted by Crippen LogP contribution is -2.55. The normalized spacial score (nSPS) is 22.3. The number of pyridine rings is 1. The lowest BCUT2D eigenvalue weighted by Gasteiger charge is -2.43. The van der Waals surface area contributed by atoms with E-state index in [0.717, 1.165) is 38.9 Å². The summed E-state index contributed by atoms with van der Waals surface area (Å²) >= 11 is 0. The molecule has 1 amide bonds. The minimum Gasteiger partial charge on any atom is -0.381 e. The zero-order chi connectivity index (χ0) is 20.0. The Morgan fingerprint density at radius 1 is 1.32 bits per heavy atom. The van der Waals surface area contributed by atoms with Crippen LogP contribution in [0.1, 0.15) is 36.0 Å². The topological polar surface area (TPSA) is 91.8 Å². The van der Waals surface area contributed by atoms with E-state index < -0.39 is 10.0 Å². The molecule has 1 unspecified atom stereocenters. The number of amides is 1. The number of hydrogen-bond acceptors (Lipinski definition) is 6. The molecule has 0 radical (unpaired) electrons. The highest BCUT2D eigenvalue weighted by atomic mass is 32.2. The van der Waals surface area contributed by atoms with Crippen molar-refractivity contribution in [2.75, 3.05) is 45.6 Å². The zero-order valence-electron chi connectivity index (χ0n) is 16.4. The molecule has 1 atom stereocenters. The predicted octanol–water partition coefficient (Wildman–Crippen LogP) is 0.716. The molecule has 2 saturated heterocycles. The van der Waals surface area contributed by atoms with Gasteiger partial charge in [-0.25, -0.2) is 12.7 Å². The molecule has 2 aliphatic rings. The molecule has 8 nitrogen and oxygen atoms in total. The zero-order valence-corrected chi connectivity index (χ0v) is 17.2. The molecule has 28 heavy (non-hydrogen) atoms. The summed E-state index contributed by atoms with van der Waals surface area (Å²) in [5.74, 6) is -0.138. The summed E-state index contributed by atoms with van der Waals surface area (Å²) in [7, 11) is -3.19. The molecular formula is C19H30N4O4S. The molecule has 156 valence electrons. The van der Waals surface area contributed by atoms with Crippen LogP contribution in [0.25, 0.3) is 0 Å². The van der Waals surface area contributed by atoms with Gasteiger partial charge in [0.05, 0.1) is 11.8 Å². The molecule has 0 bridgehead atoms. The quantitative estimate of drug-likeness (QED) is 0.712. The van der Waals surface area contributed by atoms with E-state index >= 15 is 0 Å². The first kappa shape index (κ1) is 21.2. The second-order valence-electron chi connectivity index (χ2n) is 7.50. The van der Waals surface area contributed by atoms with E-state index in [-0.39, 0.29) is 11.9 Å². The second-order valence-corrected chi connectivity index (χ2v) is 9.48. The highest BCUT2D eigenvalue weighted by molar-refractivity contribution is 7.88. The lowest BCUT2D eigenvalue weighted by atomic mass is 9.99. The number of carbonyl (C=O) groups excluding carboxylic acids is 1. The molecule has 0 saturated carbocycles. The highest BCUT2D eigenvalue weighted by Gasteiger charge is 2.33. The number of piperidine rings is 1. The lowest BCUT2D eigenvalue weighted by molar-refractivity contribution is 0.00673. The number of nitrogens with zero attached hydrogens (tertiary/aromatic N) is 3. The minimum absolute atomic E-state index is 0.138. The Hall–Kier alpha value is -1.55. The number of carbonyl (C=O) groups is 1. The summed E-state index contributed by atoms with van der Waals surface area (Å²) in [4.78, 5) is 18.7. The Bertz CT molecular complexity index is 738. The van der Waals surface area contributed by atoms with Gasteiger partial charge in [0.25, 0.3) is 5.91 Å². The molecule has 0 spiro atoms. The van der Waals surface area contributed by atoms with Crippen LogP contribution >= 0.6 is 0 Å². The van der Waals surface area contributed by atoms with Gasteiger partial charge in [-0.05, 0) is 37.8 Å².